The topological polar surface area (TPSA) is 29.1 Å². The maximum Gasteiger partial charge on any atom is 0.163 e. The first kappa shape index (κ1) is 13.9. The minimum atomic E-state index is 0.185. The molecule has 0 unspecified atom stereocenters. The Bertz CT molecular complexity index is 471. The monoisotopic (exact) mass is 257 g/mol. The molecule has 0 saturated heterocycles. The summed E-state index contributed by atoms with van der Waals surface area (Å²) in [5.41, 5.74) is 3.31. The Morgan fingerprint density at radius 1 is 1.26 bits per heavy atom. The lowest BCUT2D eigenvalue weighted by Gasteiger charge is -2.19. The first-order chi connectivity index (χ1) is 9.08. The minimum absolute atomic E-state index is 0.185. The quantitative estimate of drug-likeness (QED) is 0.808. The predicted molar refractivity (Wildman–Crippen MR) is 80.3 cm³/mol. The fourth-order valence-corrected chi connectivity index (χ4v) is 2.45. The summed E-state index contributed by atoms with van der Waals surface area (Å²) in [6.07, 6.45) is 4.94. The number of carbonyl (C=O) groups is 1. The smallest absolute Gasteiger partial charge is 0.163 e. The highest BCUT2D eigenvalue weighted by molar-refractivity contribution is 5.97. The van der Waals surface area contributed by atoms with Crippen LogP contribution in [0.3, 0.4) is 0 Å². The van der Waals surface area contributed by atoms with Gasteiger partial charge < -0.3 is 5.32 Å². The van der Waals surface area contributed by atoms with E-state index in [1.807, 2.05) is 13.1 Å². The molecule has 2 rings (SSSR count). The third kappa shape index (κ3) is 3.46. The fraction of sp³-hybridized carbons (Fsp3) is 0.471. The van der Waals surface area contributed by atoms with E-state index in [1.54, 1.807) is 0 Å². The Balaban J connectivity index is 2.03. The normalized spacial score (nSPS) is 22.0. The fourth-order valence-electron chi connectivity index (χ4n) is 2.45. The van der Waals surface area contributed by atoms with E-state index < -0.39 is 0 Å². The lowest BCUT2D eigenvalue weighted by Crippen LogP contribution is -2.19. The molecule has 1 aromatic rings. The average molecular weight is 257 g/mol. The van der Waals surface area contributed by atoms with Crippen LogP contribution in [0, 0.1) is 5.92 Å². The molecule has 2 heteroatoms. The van der Waals surface area contributed by atoms with Crippen molar-refractivity contribution in [1.29, 1.82) is 0 Å². The van der Waals surface area contributed by atoms with Gasteiger partial charge in [0.05, 0.1) is 0 Å². The van der Waals surface area contributed by atoms with Crippen molar-refractivity contribution in [2.24, 2.45) is 5.92 Å². The zero-order chi connectivity index (χ0) is 13.8. The predicted octanol–water partition coefficient (Wildman–Crippen LogP) is 4.49. The molecule has 19 heavy (non-hydrogen) atoms. The van der Waals surface area contributed by atoms with Gasteiger partial charge in [-0.05, 0) is 42.9 Å². The maximum absolute atomic E-state index is 12.0. The second-order valence-corrected chi connectivity index (χ2v) is 5.75. The van der Waals surface area contributed by atoms with Gasteiger partial charge in [0.15, 0.2) is 5.78 Å². The number of nitrogens with one attached hydrogen (secondary N) is 1. The molecule has 1 saturated carbocycles. The van der Waals surface area contributed by atoms with Crippen molar-refractivity contribution in [3.8, 4) is 0 Å². The van der Waals surface area contributed by atoms with Crippen molar-refractivity contribution in [2.75, 3.05) is 5.32 Å². The van der Waals surface area contributed by atoms with Crippen molar-refractivity contribution in [3.63, 3.8) is 0 Å². The lowest BCUT2D eigenvalue weighted by molar-refractivity contribution is -0.119. The minimum Gasteiger partial charge on any atom is -0.361 e. The molecule has 0 amide bonds. The molecule has 1 N–H and O–H groups in total. The summed E-state index contributed by atoms with van der Waals surface area (Å²) in [4.78, 5) is 12.0. The summed E-state index contributed by atoms with van der Waals surface area (Å²) >= 11 is 0. The molecule has 1 atom stereocenters. The number of ketones is 1. The number of anilines is 1. The average Bonchev–Trinajstić information content (AvgIpc) is 2.41. The highest BCUT2D eigenvalue weighted by Crippen LogP contribution is 2.25. The van der Waals surface area contributed by atoms with Gasteiger partial charge in [-0.25, -0.2) is 0 Å². The summed E-state index contributed by atoms with van der Waals surface area (Å²) in [5.74, 6) is 1.04. The SMILES string of the molecule is CC(C)c1ccc(N/C=C2/CCC[C@H](C)C2=O)cc1. The summed E-state index contributed by atoms with van der Waals surface area (Å²) in [6, 6.07) is 8.42. The third-order valence-corrected chi connectivity index (χ3v) is 3.84. The molecule has 1 fully saturated rings. The zero-order valence-electron chi connectivity index (χ0n) is 12.1. The Morgan fingerprint density at radius 3 is 2.58 bits per heavy atom. The van der Waals surface area contributed by atoms with Crippen LogP contribution in [0.1, 0.15) is 51.5 Å². The molecule has 1 aromatic carbocycles. The van der Waals surface area contributed by atoms with Gasteiger partial charge in [-0.15, -0.1) is 0 Å². The largest absolute Gasteiger partial charge is 0.361 e. The summed E-state index contributed by atoms with van der Waals surface area (Å²) in [5, 5.41) is 3.25. The van der Waals surface area contributed by atoms with E-state index >= 15 is 0 Å². The highest BCUT2D eigenvalue weighted by atomic mass is 16.1. The number of rotatable bonds is 3. The van der Waals surface area contributed by atoms with Crippen molar-refractivity contribution >= 4 is 11.5 Å². The Kier molecular flexibility index (Phi) is 4.41. The van der Waals surface area contributed by atoms with Gasteiger partial charge in [0.1, 0.15) is 0 Å². The lowest BCUT2D eigenvalue weighted by atomic mass is 9.86. The van der Waals surface area contributed by atoms with E-state index in [0.717, 1.165) is 30.5 Å². The molecule has 0 aromatic heterocycles. The summed E-state index contributed by atoms with van der Waals surface area (Å²) < 4.78 is 0. The van der Waals surface area contributed by atoms with Crippen molar-refractivity contribution < 1.29 is 4.79 Å². The van der Waals surface area contributed by atoms with E-state index in [4.69, 9.17) is 0 Å². The molecule has 0 heterocycles. The second kappa shape index (κ2) is 6.05. The van der Waals surface area contributed by atoms with Crippen molar-refractivity contribution in [2.45, 2.75) is 46.0 Å². The first-order valence-electron chi connectivity index (χ1n) is 7.17. The van der Waals surface area contributed by atoms with Crippen LogP contribution in [0.15, 0.2) is 36.0 Å². The molecule has 0 spiro atoms. The molecular formula is C17H23NO. The van der Waals surface area contributed by atoms with E-state index in [1.165, 1.54) is 5.56 Å². The van der Waals surface area contributed by atoms with Gasteiger partial charge in [-0.1, -0.05) is 32.9 Å². The van der Waals surface area contributed by atoms with Gasteiger partial charge in [-0.2, -0.15) is 0 Å². The number of carbonyl (C=O) groups excluding carboxylic acids is 1. The third-order valence-electron chi connectivity index (χ3n) is 3.84. The van der Waals surface area contributed by atoms with Gasteiger partial charge >= 0.3 is 0 Å². The Labute approximate surface area is 115 Å². The molecule has 0 radical (unpaired) electrons. The number of benzene rings is 1. The Hall–Kier alpha value is -1.57. The van der Waals surface area contributed by atoms with Crippen LogP contribution in [0.4, 0.5) is 5.69 Å². The molecule has 0 aliphatic heterocycles. The van der Waals surface area contributed by atoms with Crippen LogP contribution in [0.2, 0.25) is 0 Å². The Morgan fingerprint density at radius 2 is 1.95 bits per heavy atom. The summed E-state index contributed by atoms with van der Waals surface area (Å²) in [7, 11) is 0. The molecule has 102 valence electrons. The van der Waals surface area contributed by atoms with E-state index in [-0.39, 0.29) is 5.92 Å². The molecule has 1 aliphatic rings. The van der Waals surface area contributed by atoms with Crippen LogP contribution >= 0.6 is 0 Å². The van der Waals surface area contributed by atoms with Gasteiger partial charge in [-0.3, -0.25) is 4.79 Å². The first-order valence-corrected chi connectivity index (χ1v) is 7.17. The van der Waals surface area contributed by atoms with Crippen molar-refractivity contribution in [3.05, 3.63) is 41.6 Å². The molecular weight excluding hydrogens is 234 g/mol. The molecule has 2 nitrogen and oxygen atoms in total. The van der Waals surface area contributed by atoms with E-state index in [9.17, 15) is 4.79 Å². The number of allylic oxidation sites excluding steroid dienone is 1. The van der Waals surface area contributed by atoms with Crippen LogP contribution in [-0.2, 0) is 4.79 Å². The molecule has 1 aliphatic carbocycles. The van der Waals surface area contributed by atoms with Crippen LogP contribution in [-0.4, -0.2) is 5.78 Å². The zero-order valence-corrected chi connectivity index (χ0v) is 12.1. The van der Waals surface area contributed by atoms with Gasteiger partial charge in [0.25, 0.3) is 0 Å². The van der Waals surface area contributed by atoms with E-state index in [2.05, 4.69) is 43.4 Å². The molecule has 0 bridgehead atoms. The van der Waals surface area contributed by atoms with Gasteiger partial charge in [0.2, 0.25) is 0 Å². The maximum atomic E-state index is 12.0. The van der Waals surface area contributed by atoms with Crippen LogP contribution in [0.25, 0.3) is 0 Å². The highest BCUT2D eigenvalue weighted by Gasteiger charge is 2.22. The van der Waals surface area contributed by atoms with Crippen LogP contribution in [0.5, 0.6) is 0 Å². The van der Waals surface area contributed by atoms with Gasteiger partial charge in [0, 0.05) is 23.4 Å². The number of hydrogen-bond acceptors (Lipinski definition) is 2. The van der Waals surface area contributed by atoms with Crippen molar-refractivity contribution in [1.82, 2.24) is 0 Å². The number of Topliss-reactive ketones (excluding diaryl/α,β-unsaturated/α-hetero) is 1. The van der Waals surface area contributed by atoms with Crippen LogP contribution < -0.4 is 5.32 Å². The summed E-state index contributed by atoms with van der Waals surface area (Å²) in [6.45, 7) is 6.39. The standard InChI is InChI=1S/C17H23NO/c1-12(2)14-7-9-16(10-8-14)18-11-15-6-4-5-13(3)17(15)19/h7-13,18H,4-6H2,1-3H3/b15-11-/t13-/m0/s1. The number of hydrogen-bond donors (Lipinski definition) is 1. The van der Waals surface area contributed by atoms with E-state index in [0.29, 0.717) is 11.7 Å². The second-order valence-electron chi connectivity index (χ2n) is 5.75.